The van der Waals surface area contributed by atoms with Gasteiger partial charge in [-0.25, -0.2) is 13.2 Å². The van der Waals surface area contributed by atoms with Crippen LogP contribution in [0.15, 0.2) is 53.4 Å². The highest BCUT2D eigenvalue weighted by Gasteiger charge is 2.57. The van der Waals surface area contributed by atoms with Crippen LogP contribution in [0.4, 0.5) is 18.9 Å². The maximum Gasteiger partial charge on any atom is 0.416 e. The van der Waals surface area contributed by atoms with Crippen molar-refractivity contribution >= 4 is 33.5 Å². The molecule has 2 amide bonds. The zero-order valence-corrected chi connectivity index (χ0v) is 21.8. The summed E-state index contributed by atoms with van der Waals surface area (Å²) >= 11 is 0. The van der Waals surface area contributed by atoms with Crippen LogP contribution < -0.4 is 9.62 Å². The van der Waals surface area contributed by atoms with E-state index in [0.29, 0.717) is 30.5 Å². The third-order valence-electron chi connectivity index (χ3n) is 6.32. The van der Waals surface area contributed by atoms with Gasteiger partial charge >= 0.3 is 12.1 Å². The molecule has 0 heterocycles. The molecule has 2 N–H and O–H groups in total. The molecule has 9 nitrogen and oxygen atoms in total. The van der Waals surface area contributed by atoms with Gasteiger partial charge in [-0.3, -0.25) is 13.9 Å². The van der Waals surface area contributed by atoms with Crippen LogP contribution in [-0.2, 0) is 37.0 Å². The van der Waals surface area contributed by atoms with Crippen LogP contribution in [0.2, 0.25) is 0 Å². The van der Waals surface area contributed by atoms with Gasteiger partial charge in [-0.1, -0.05) is 12.1 Å². The summed E-state index contributed by atoms with van der Waals surface area (Å²) in [4.78, 5) is 37.9. The molecule has 3 rings (SSSR count). The predicted molar refractivity (Wildman–Crippen MR) is 132 cm³/mol. The van der Waals surface area contributed by atoms with Gasteiger partial charge in [0.2, 0.25) is 11.8 Å². The molecule has 0 unspecified atom stereocenters. The van der Waals surface area contributed by atoms with E-state index >= 15 is 0 Å². The summed E-state index contributed by atoms with van der Waals surface area (Å²) in [6.45, 7) is 1.55. The van der Waals surface area contributed by atoms with Crippen molar-refractivity contribution in [2.24, 2.45) is 5.41 Å². The van der Waals surface area contributed by atoms with Crippen LogP contribution in [0.3, 0.4) is 0 Å². The summed E-state index contributed by atoms with van der Waals surface area (Å²) in [6, 6.07) is 7.74. The van der Waals surface area contributed by atoms with E-state index < -0.39 is 51.0 Å². The molecule has 0 aliphatic heterocycles. The molecule has 0 spiro atoms. The normalized spacial score (nSPS) is 15.3. The second-order valence-electron chi connectivity index (χ2n) is 9.21. The fourth-order valence-electron chi connectivity index (χ4n) is 4.06. The maximum absolute atomic E-state index is 13.1. The average Bonchev–Trinajstić information content (AvgIpc) is 3.66. The first-order chi connectivity index (χ1) is 17.6. The predicted octanol–water partition coefficient (Wildman–Crippen LogP) is 2.90. The fraction of sp³-hybridized carbons (Fsp3) is 0.400. The molecule has 0 radical (unpaired) electrons. The van der Waals surface area contributed by atoms with Crippen molar-refractivity contribution in [1.29, 1.82) is 0 Å². The Hall–Kier alpha value is -3.61. The largest absolute Gasteiger partial charge is 0.480 e. The standard InChI is InChI=1S/C25H28F3N3O6S/c1-4-31(38(36,37)19-11-7-17(8-12-19)25(26,27)28)18-9-5-16(6-10-18)15-20(21(32)33)29-22(34)24(13-14-24)23(35)30(2)3/h5-12,20H,4,13-15H2,1-3H3,(H,29,34)(H,32,33)/t20-/m0/s1. The molecule has 2 aromatic rings. The molecule has 1 aliphatic carbocycles. The zero-order valence-electron chi connectivity index (χ0n) is 20.9. The van der Waals surface area contributed by atoms with Gasteiger partial charge in [-0.2, -0.15) is 13.2 Å². The van der Waals surface area contributed by atoms with Crippen LogP contribution >= 0.6 is 0 Å². The smallest absolute Gasteiger partial charge is 0.416 e. The molecule has 0 bridgehead atoms. The number of hydrogen-bond acceptors (Lipinski definition) is 5. The van der Waals surface area contributed by atoms with E-state index in [1.165, 1.54) is 43.3 Å². The summed E-state index contributed by atoms with van der Waals surface area (Å²) in [5.41, 5.74) is -1.52. The topological polar surface area (TPSA) is 124 Å². The Morgan fingerprint density at radius 1 is 1.03 bits per heavy atom. The number of carboxylic acids is 1. The molecule has 1 aliphatic rings. The van der Waals surface area contributed by atoms with E-state index in [-0.39, 0.29) is 23.5 Å². The SMILES string of the molecule is CCN(c1ccc(C[C@H](NC(=O)C2(C(=O)N(C)C)CC2)C(=O)O)cc1)S(=O)(=O)c1ccc(C(F)(F)F)cc1. The lowest BCUT2D eigenvalue weighted by atomic mass is 10.0. The second-order valence-corrected chi connectivity index (χ2v) is 11.1. The number of carboxylic acid groups (broad SMARTS) is 1. The fourth-order valence-corrected chi connectivity index (χ4v) is 5.53. The van der Waals surface area contributed by atoms with Crippen molar-refractivity contribution in [1.82, 2.24) is 10.2 Å². The molecule has 0 saturated heterocycles. The van der Waals surface area contributed by atoms with Crippen LogP contribution in [0.25, 0.3) is 0 Å². The van der Waals surface area contributed by atoms with E-state index in [9.17, 15) is 41.1 Å². The van der Waals surface area contributed by atoms with Gasteiger partial charge in [0.1, 0.15) is 11.5 Å². The van der Waals surface area contributed by atoms with Gasteiger partial charge in [0.15, 0.2) is 0 Å². The summed E-state index contributed by atoms with van der Waals surface area (Å²) in [5, 5.41) is 12.1. The summed E-state index contributed by atoms with van der Waals surface area (Å²) in [7, 11) is -1.14. The molecule has 0 aromatic heterocycles. The minimum absolute atomic E-state index is 0.0154. The zero-order chi connectivity index (χ0) is 28.5. The Bertz CT molecular complexity index is 1310. The van der Waals surface area contributed by atoms with Crippen molar-refractivity contribution in [3.05, 3.63) is 59.7 Å². The summed E-state index contributed by atoms with van der Waals surface area (Å²) < 4.78 is 65.7. The molecular formula is C25H28F3N3O6S. The Morgan fingerprint density at radius 2 is 1.58 bits per heavy atom. The van der Waals surface area contributed by atoms with Gasteiger partial charge in [0, 0.05) is 27.1 Å². The molecular weight excluding hydrogens is 527 g/mol. The summed E-state index contributed by atoms with van der Waals surface area (Å²) in [6.07, 6.45) is -4.06. The quantitative estimate of drug-likeness (QED) is 0.435. The van der Waals surface area contributed by atoms with Crippen molar-refractivity contribution in [2.45, 2.75) is 43.3 Å². The van der Waals surface area contributed by atoms with Crippen molar-refractivity contribution in [3.8, 4) is 0 Å². The number of alkyl halides is 3. The van der Waals surface area contributed by atoms with Crippen LogP contribution in [0.5, 0.6) is 0 Å². The van der Waals surface area contributed by atoms with E-state index in [4.69, 9.17) is 0 Å². The monoisotopic (exact) mass is 555 g/mol. The number of nitrogens with one attached hydrogen (secondary N) is 1. The van der Waals surface area contributed by atoms with Crippen LogP contribution in [0, 0.1) is 5.41 Å². The van der Waals surface area contributed by atoms with Crippen molar-refractivity contribution in [3.63, 3.8) is 0 Å². The lowest BCUT2D eigenvalue weighted by Crippen LogP contribution is -2.49. The first-order valence-electron chi connectivity index (χ1n) is 11.7. The van der Waals surface area contributed by atoms with Gasteiger partial charge < -0.3 is 15.3 Å². The maximum atomic E-state index is 13.1. The minimum Gasteiger partial charge on any atom is -0.480 e. The third kappa shape index (κ3) is 5.93. The molecule has 1 atom stereocenters. The van der Waals surface area contributed by atoms with Crippen LogP contribution in [-0.4, -0.2) is 62.9 Å². The van der Waals surface area contributed by atoms with E-state index in [1.807, 2.05) is 0 Å². The molecule has 1 saturated carbocycles. The number of carbonyl (C=O) groups excluding carboxylic acids is 2. The highest BCUT2D eigenvalue weighted by atomic mass is 32.2. The molecule has 38 heavy (non-hydrogen) atoms. The Balaban J connectivity index is 1.76. The Morgan fingerprint density at radius 3 is 2.00 bits per heavy atom. The Kier molecular flexibility index (Phi) is 8.10. The molecule has 1 fully saturated rings. The van der Waals surface area contributed by atoms with E-state index in [0.717, 1.165) is 16.4 Å². The first kappa shape index (κ1) is 29.0. The number of halogens is 3. The number of rotatable bonds is 10. The molecule has 2 aromatic carbocycles. The number of amides is 2. The first-order valence-corrected chi connectivity index (χ1v) is 13.1. The average molecular weight is 556 g/mol. The second kappa shape index (κ2) is 10.6. The van der Waals surface area contributed by atoms with Gasteiger partial charge in [-0.15, -0.1) is 0 Å². The lowest BCUT2D eigenvalue weighted by molar-refractivity contribution is -0.147. The number of carbonyl (C=O) groups is 3. The lowest BCUT2D eigenvalue weighted by Gasteiger charge is -2.24. The van der Waals surface area contributed by atoms with Crippen LogP contribution in [0.1, 0.15) is 30.9 Å². The van der Waals surface area contributed by atoms with Gasteiger partial charge in [-0.05, 0) is 61.7 Å². The molecule has 206 valence electrons. The Labute approximate surface area is 218 Å². The number of nitrogens with zero attached hydrogens (tertiary/aromatic N) is 2. The van der Waals surface area contributed by atoms with E-state index in [1.54, 1.807) is 6.92 Å². The molecule has 13 heteroatoms. The highest BCUT2D eigenvalue weighted by Crippen LogP contribution is 2.47. The minimum atomic E-state index is -4.60. The summed E-state index contributed by atoms with van der Waals surface area (Å²) in [5.74, 6) is -2.34. The number of hydrogen-bond donors (Lipinski definition) is 2. The van der Waals surface area contributed by atoms with E-state index in [2.05, 4.69) is 5.32 Å². The van der Waals surface area contributed by atoms with Crippen molar-refractivity contribution < 1.29 is 41.1 Å². The third-order valence-corrected chi connectivity index (χ3v) is 8.24. The van der Waals surface area contributed by atoms with Gasteiger partial charge in [0.25, 0.3) is 10.0 Å². The number of aliphatic carboxylic acids is 1. The number of sulfonamides is 1. The van der Waals surface area contributed by atoms with Gasteiger partial charge in [0.05, 0.1) is 16.1 Å². The number of anilines is 1. The van der Waals surface area contributed by atoms with Crippen molar-refractivity contribution in [2.75, 3.05) is 24.9 Å². The number of benzene rings is 2. The highest BCUT2D eigenvalue weighted by molar-refractivity contribution is 7.92.